The number of carbonyl (C=O) groups excluding carboxylic acids is 1. The van der Waals surface area contributed by atoms with Crippen LogP contribution in [0.3, 0.4) is 0 Å². The van der Waals surface area contributed by atoms with E-state index in [1.807, 2.05) is 6.92 Å². The maximum Gasteiger partial charge on any atom is 0.317 e. The molecule has 1 aliphatic rings. The molecule has 0 radical (unpaired) electrons. The molecule has 20 heavy (non-hydrogen) atoms. The van der Waals surface area contributed by atoms with Gasteiger partial charge in [0.1, 0.15) is 0 Å². The first-order chi connectivity index (χ1) is 9.58. The number of aromatic nitrogens is 2. The summed E-state index contributed by atoms with van der Waals surface area (Å²) in [6.45, 7) is 2.75. The number of amides is 2. The van der Waals surface area contributed by atoms with Crippen molar-refractivity contribution in [1.82, 2.24) is 20.4 Å². The lowest BCUT2D eigenvalue weighted by Crippen LogP contribution is -2.50. The number of likely N-dealkylation sites (tertiary alicyclic amines) is 1. The summed E-state index contributed by atoms with van der Waals surface area (Å²) in [5, 5.41) is 15.4. The van der Waals surface area contributed by atoms with E-state index in [9.17, 15) is 9.59 Å². The Hall–Kier alpha value is -2.12. The van der Waals surface area contributed by atoms with Crippen LogP contribution in [0.5, 0.6) is 0 Å². The van der Waals surface area contributed by atoms with Crippen LogP contribution in [0.25, 0.3) is 0 Å². The summed E-state index contributed by atoms with van der Waals surface area (Å²) in [5.41, 5.74) is 0. The van der Waals surface area contributed by atoms with Crippen molar-refractivity contribution in [2.24, 2.45) is 5.92 Å². The van der Waals surface area contributed by atoms with Crippen LogP contribution in [-0.2, 0) is 11.2 Å². The number of carbonyl (C=O) groups is 2. The first-order valence-electron chi connectivity index (χ1n) is 6.60. The van der Waals surface area contributed by atoms with Gasteiger partial charge in [-0.1, -0.05) is 5.16 Å². The molecule has 0 saturated carbocycles. The standard InChI is InChI=1S/C12H18N4O4/c1-8-6-9(11(17)18)3-5-16(8)12(19)13-4-2-10-14-7-20-15-10/h7-9H,2-6H2,1H3,(H,13,19)(H,17,18). The second kappa shape index (κ2) is 6.36. The van der Waals surface area contributed by atoms with Gasteiger partial charge in [0.25, 0.3) is 0 Å². The highest BCUT2D eigenvalue weighted by Crippen LogP contribution is 2.22. The number of hydrogen-bond acceptors (Lipinski definition) is 5. The molecule has 2 rings (SSSR count). The lowest BCUT2D eigenvalue weighted by Gasteiger charge is -2.36. The summed E-state index contributed by atoms with van der Waals surface area (Å²) >= 11 is 0. The van der Waals surface area contributed by atoms with Gasteiger partial charge in [-0.05, 0) is 19.8 Å². The number of nitrogens with one attached hydrogen (secondary N) is 1. The number of carboxylic acids is 1. The molecule has 2 N–H and O–H groups in total. The Morgan fingerprint density at radius 3 is 3.00 bits per heavy atom. The average molecular weight is 282 g/mol. The Morgan fingerprint density at radius 1 is 1.60 bits per heavy atom. The van der Waals surface area contributed by atoms with Gasteiger partial charge in [0.05, 0.1) is 5.92 Å². The molecule has 8 nitrogen and oxygen atoms in total. The normalized spacial score (nSPS) is 22.6. The van der Waals surface area contributed by atoms with E-state index in [0.717, 1.165) is 0 Å². The predicted molar refractivity (Wildman–Crippen MR) is 67.9 cm³/mol. The number of rotatable bonds is 4. The minimum Gasteiger partial charge on any atom is -0.481 e. The van der Waals surface area contributed by atoms with Gasteiger partial charge in [-0.2, -0.15) is 4.98 Å². The van der Waals surface area contributed by atoms with Gasteiger partial charge < -0.3 is 19.8 Å². The maximum absolute atomic E-state index is 12.0. The lowest BCUT2D eigenvalue weighted by molar-refractivity contribution is -0.143. The zero-order valence-corrected chi connectivity index (χ0v) is 11.3. The third-order valence-electron chi connectivity index (χ3n) is 3.52. The minimum atomic E-state index is -0.783. The fourth-order valence-corrected chi connectivity index (χ4v) is 2.38. The number of nitrogens with zero attached hydrogens (tertiary/aromatic N) is 3. The predicted octanol–water partition coefficient (Wildman–Crippen LogP) is 0.507. The van der Waals surface area contributed by atoms with Crippen molar-refractivity contribution in [2.75, 3.05) is 13.1 Å². The number of piperidine rings is 1. The van der Waals surface area contributed by atoms with Gasteiger partial charge in [0, 0.05) is 25.6 Å². The van der Waals surface area contributed by atoms with E-state index in [0.29, 0.717) is 38.2 Å². The summed E-state index contributed by atoms with van der Waals surface area (Å²) < 4.78 is 4.60. The topological polar surface area (TPSA) is 109 Å². The number of carboxylic acid groups (broad SMARTS) is 1. The molecule has 2 unspecified atom stereocenters. The van der Waals surface area contributed by atoms with E-state index < -0.39 is 5.97 Å². The lowest BCUT2D eigenvalue weighted by atomic mass is 9.92. The van der Waals surface area contributed by atoms with E-state index in [4.69, 9.17) is 5.11 Å². The number of hydrogen-bond donors (Lipinski definition) is 2. The highest BCUT2D eigenvalue weighted by atomic mass is 16.5. The fourth-order valence-electron chi connectivity index (χ4n) is 2.38. The van der Waals surface area contributed by atoms with Crippen molar-refractivity contribution >= 4 is 12.0 Å². The van der Waals surface area contributed by atoms with Crippen molar-refractivity contribution < 1.29 is 19.2 Å². The Kier molecular flexibility index (Phi) is 4.54. The monoisotopic (exact) mass is 282 g/mol. The highest BCUT2D eigenvalue weighted by Gasteiger charge is 2.31. The molecule has 2 atom stereocenters. The van der Waals surface area contributed by atoms with Crippen molar-refractivity contribution in [1.29, 1.82) is 0 Å². The fraction of sp³-hybridized carbons (Fsp3) is 0.667. The van der Waals surface area contributed by atoms with Gasteiger partial charge in [-0.25, -0.2) is 4.79 Å². The smallest absolute Gasteiger partial charge is 0.317 e. The van der Waals surface area contributed by atoms with E-state index in [-0.39, 0.29) is 18.0 Å². The Bertz CT molecular complexity index is 462. The Morgan fingerprint density at radius 2 is 2.40 bits per heavy atom. The van der Waals surface area contributed by atoms with Crippen LogP contribution in [-0.4, -0.2) is 51.3 Å². The van der Waals surface area contributed by atoms with Crippen molar-refractivity contribution in [3.05, 3.63) is 12.2 Å². The third kappa shape index (κ3) is 3.46. The molecule has 2 heterocycles. The summed E-state index contributed by atoms with van der Waals surface area (Å²) in [6.07, 6.45) is 2.74. The number of urea groups is 1. The molecule has 8 heteroatoms. The van der Waals surface area contributed by atoms with Crippen molar-refractivity contribution in [2.45, 2.75) is 32.2 Å². The van der Waals surface area contributed by atoms with E-state index >= 15 is 0 Å². The second-order valence-corrected chi connectivity index (χ2v) is 4.93. The van der Waals surface area contributed by atoms with Crippen LogP contribution >= 0.6 is 0 Å². The zero-order chi connectivity index (χ0) is 14.5. The van der Waals surface area contributed by atoms with Gasteiger partial charge in [-0.3, -0.25) is 4.79 Å². The summed E-state index contributed by atoms with van der Waals surface area (Å²) in [6, 6.07) is -0.250. The van der Waals surface area contributed by atoms with Crippen LogP contribution in [0.1, 0.15) is 25.6 Å². The molecule has 110 valence electrons. The van der Waals surface area contributed by atoms with Crippen molar-refractivity contribution in [3.8, 4) is 0 Å². The molecule has 0 aliphatic carbocycles. The number of aliphatic carboxylic acids is 1. The summed E-state index contributed by atoms with van der Waals surface area (Å²) in [7, 11) is 0. The summed E-state index contributed by atoms with van der Waals surface area (Å²) in [5.74, 6) is -0.592. The molecule has 1 aliphatic heterocycles. The van der Waals surface area contributed by atoms with Gasteiger partial charge in [0.2, 0.25) is 6.39 Å². The second-order valence-electron chi connectivity index (χ2n) is 4.93. The van der Waals surface area contributed by atoms with Crippen LogP contribution < -0.4 is 5.32 Å². The first-order valence-corrected chi connectivity index (χ1v) is 6.60. The Balaban J connectivity index is 1.76. The highest BCUT2D eigenvalue weighted by molar-refractivity contribution is 5.75. The van der Waals surface area contributed by atoms with Gasteiger partial charge in [-0.15, -0.1) is 0 Å². The molecule has 2 amide bonds. The van der Waals surface area contributed by atoms with Gasteiger partial charge >= 0.3 is 12.0 Å². The maximum atomic E-state index is 12.0. The third-order valence-corrected chi connectivity index (χ3v) is 3.52. The van der Waals surface area contributed by atoms with Crippen LogP contribution in [0.15, 0.2) is 10.9 Å². The molecular weight excluding hydrogens is 264 g/mol. The minimum absolute atomic E-state index is 0.0741. The quantitative estimate of drug-likeness (QED) is 0.832. The molecule has 0 aromatic carbocycles. The molecule has 0 spiro atoms. The van der Waals surface area contributed by atoms with Crippen LogP contribution in [0.4, 0.5) is 4.79 Å². The molecular formula is C12H18N4O4. The SMILES string of the molecule is CC1CC(C(=O)O)CCN1C(=O)NCCc1ncon1. The largest absolute Gasteiger partial charge is 0.481 e. The van der Waals surface area contributed by atoms with Gasteiger partial charge in [0.15, 0.2) is 5.82 Å². The van der Waals surface area contributed by atoms with E-state index in [1.165, 1.54) is 6.39 Å². The molecule has 0 bridgehead atoms. The van der Waals surface area contributed by atoms with Crippen molar-refractivity contribution in [3.63, 3.8) is 0 Å². The Labute approximate surface area is 116 Å². The van der Waals surface area contributed by atoms with E-state index in [2.05, 4.69) is 20.0 Å². The van der Waals surface area contributed by atoms with E-state index in [1.54, 1.807) is 4.90 Å². The average Bonchev–Trinajstić information content (AvgIpc) is 2.91. The van der Waals surface area contributed by atoms with Crippen LogP contribution in [0.2, 0.25) is 0 Å². The zero-order valence-electron chi connectivity index (χ0n) is 11.3. The molecule has 1 aromatic rings. The summed E-state index contributed by atoms with van der Waals surface area (Å²) in [4.78, 5) is 28.5. The molecule has 1 saturated heterocycles. The molecule has 1 aromatic heterocycles. The molecule has 1 fully saturated rings. The first kappa shape index (κ1) is 14.3. The van der Waals surface area contributed by atoms with Crippen LogP contribution in [0, 0.1) is 5.92 Å².